The smallest absolute Gasteiger partial charge is 0.266 e. The largest absolute Gasteiger partial charge is 0.277 e. The Morgan fingerprint density at radius 3 is 2.25 bits per heavy atom. The fraction of sp³-hybridized carbons (Fsp3) is 0.0833. The van der Waals surface area contributed by atoms with Gasteiger partial charge in [-0.3, -0.25) is 18.4 Å². The third-order valence-corrected chi connectivity index (χ3v) is 6.62. The number of amides is 2. The molecule has 1 atom stereocenters. The predicted octanol–water partition coefficient (Wildman–Crippen LogP) is 3.68. The lowest BCUT2D eigenvalue weighted by atomic mass is 10.1. The number of carbonyl (C=O) groups excluding carboxylic acids is 2. The molecule has 0 radical (unpaired) electrons. The molecule has 0 N–H and O–H groups in total. The van der Waals surface area contributed by atoms with Gasteiger partial charge in [0.15, 0.2) is 0 Å². The van der Waals surface area contributed by atoms with E-state index in [1.165, 1.54) is 0 Å². The zero-order chi connectivity index (χ0) is 22.2. The normalized spacial score (nSPS) is 14.0. The molecule has 1 unspecified atom stereocenters. The Morgan fingerprint density at radius 1 is 0.844 bits per heavy atom. The topological polar surface area (TPSA) is 85.2 Å². The lowest BCUT2D eigenvalue weighted by Gasteiger charge is -2.18. The second-order valence-electron chi connectivity index (χ2n) is 7.33. The number of aromatic nitrogens is 3. The number of pyridine rings is 1. The summed E-state index contributed by atoms with van der Waals surface area (Å²) >= 11 is 0. The summed E-state index contributed by atoms with van der Waals surface area (Å²) in [5, 5.41) is 0.351. The van der Waals surface area contributed by atoms with Gasteiger partial charge in [0, 0.05) is 18.6 Å². The zero-order valence-corrected chi connectivity index (χ0v) is 18.0. The summed E-state index contributed by atoms with van der Waals surface area (Å²) in [7, 11) is -1.54. The van der Waals surface area contributed by atoms with Gasteiger partial charge >= 0.3 is 0 Å². The molecule has 1 aliphatic heterocycles. The molecule has 0 saturated heterocycles. The van der Waals surface area contributed by atoms with Crippen LogP contribution >= 0.6 is 0 Å². The molecule has 8 heteroatoms. The van der Waals surface area contributed by atoms with Crippen LogP contribution < -0.4 is 4.90 Å². The van der Waals surface area contributed by atoms with Crippen molar-refractivity contribution in [2.45, 2.75) is 17.8 Å². The first-order valence-corrected chi connectivity index (χ1v) is 11.3. The zero-order valence-electron chi connectivity index (χ0n) is 17.1. The third-order valence-electron chi connectivity index (χ3n) is 5.33. The summed E-state index contributed by atoms with van der Waals surface area (Å²) < 4.78 is 15.0. The van der Waals surface area contributed by atoms with E-state index in [2.05, 4.69) is 9.97 Å². The molecule has 2 aromatic carbocycles. The van der Waals surface area contributed by atoms with Crippen LogP contribution in [0.3, 0.4) is 0 Å². The van der Waals surface area contributed by atoms with E-state index in [9.17, 15) is 13.8 Å². The fourth-order valence-electron chi connectivity index (χ4n) is 3.81. The maximum absolute atomic E-state index is 13.3. The van der Waals surface area contributed by atoms with Gasteiger partial charge in [-0.05, 0) is 42.3 Å². The minimum Gasteiger partial charge on any atom is -0.277 e. The highest BCUT2D eigenvalue weighted by molar-refractivity contribution is 7.84. The van der Waals surface area contributed by atoms with E-state index in [0.29, 0.717) is 33.4 Å². The highest BCUT2D eigenvalue weighted by Crippen LogP contribution is 2.32. The summed E-state index contributed by atoms with van der Waals surface area (Å²) in [6.07, 6.45) is 4.97. The van der Waals surface area contributed by atoms with Crippen LogP contribution in [0, 0.1) is 6.92 Å². The first kappa shape index (κ1) is 20.0. The number of rotatable bonds is 5. The molecule has 1 aliphatic rings. The van der Waals surface area contributed by atoms with Gasteiger partial charge in [0.2, 0.25) is 5.16 Å². The number of para-hydroxylation sites is 1. The van der Waals surface area contributed by atoms with Crippen molar-refractivity contribution in [1.82, 2.24) is 14.5 Å². The van der Waals surface area contributed by atoms with Gasteiger partial charge in [0.1, 0.15) is 5.82 Å². The Hall–Kier alpha value is -3.91. The van der Waals surface area contributed by atoms with Gasteiger partial charge in [-0.1, -0.05) is 36.4 Å². The molecule has 0 bridgehead atoms. The van der Waals surface area contributed by atoms with E-state index in [1.807, 2.05) is 19.1 Å². The number of hydrogen-bond acceptors (Lipinski definition) is 5. The van der Waals surface area contributed by atoms with Gasteiger partial charge in [0.25, 0.3) is 11.8 Å². The third kappa shape index (κ3) is 3.25. The molecule has 0 saturated carbocycles. The molecular formula is C24H18N4O3S. The molecule has 0 spiro atoms. The standard InChI is InChI=1S/C24H18N4O3S/c1-16-7-6-12-25-21(16)27-14-13-26-24(27)32(31)15-17-8-2-5-11-20(17)28-22(29)18-9-3-4-10-19(18)23(28)30/h2-14H,15H2,1H3. The number of fused-ring (bicyclic) bond motifs is 1. The van der Waals surface area contributed by atoms with Crippen molar-refractivity contribution < 1.29 is 13.8 Å². The molecule has 0 aliphatic carbocycles. The lowest BCUT2D eigenvalue weighted by molar-refractivity contribution is 0.0926. The maximum atomic E-state index is 13.3. The van der Waals surface area contributed by atoms with Gasteiger partial charge in [-0.15, -0.1) is 0 Å². The van der Waals surface area contributed by atoms with Crippen LogP contribution in [0.2, 0.25) is 0 Å². The summed E-state index contributed by atoms with van der Waals surface area (Å²) in [5.41, 5.74) is 2.71. The van der Waals surface area contributed by atoms with Crippen molar-refractivity contribution in [2.24, 2.45) is 0 Å². The minimum absolute atomic E-state index is 0.0898. The van der Waals surface area contributed by atoms with Crippen molar-refractivity contribution in [3.8, 4) is 5.82 Å². The number of hydrogen-bond donors (Lipinski definition) is 0. The van der Waals surface area contributed by atoms with Crippen molar-refractivity contribution in [1.29, 1.82) is 0 Å². The van der Waals surface area contributed by atoms with E-state index >= 15 is 0 Å². The first-order chi connectivity index (χ1) is 15.6. The van der Waals surface area contributed by atoms with Crippen molar-refractivity contribution in [3.63, 3.8) is 0 Å². The summed E-state index contributed by atoms with van der Waals surface area (Å²) in [6.45, 7) is 1.92. The van der Waals surface area contributed by atoms with Crippen LogP contribution in [0.5, 0.6) is 0 Å². The SMILES string of the molecule is Cc1cccnc1-n1ccnc1S(=O)Cc1ccccc1N1C(=O)c2ccccc2C1=O. The Kier molecular flexibility index (Phi) is 4.99. The number of carbonyl (C=O) groups is 2. The number of benzene rings is 2. The Balaban J connectivity index is 1.49. The molecular weight excluding hydrogens is 424 g/mol. The summed E-state index contributed by atoms with van der Waals surface area (Å²) in [5.74, 6) is -0.0159. The minimum atomic E-state index is -1.54. The number of imidazole rings is 1. The number of aryl methyl sites for hydroxylation is 1. The van der Waals surface area contributed by atoms with Gasteiger partial charge < -0.3 is 0 Å². The van der Waals surface area contributed by atoms with Crippen molar-refractivity contribution in [2.75, 3.05) is 4.90 Å². The summed E-state index contributed by atoms with van der Waals surface area (Å²) in [4.78, 5) is 35.7. The first-order valence-electron chi connectivity index (χ1n) is 9.95. The second-order valence-corrected chi connectivity index (χ2v) is 8.68. The Bertz CT molecular complexity index is 1360. The van der Waals surface area contributed by atoms with E-state index in [-0.39, 0.29) is 17.6 Å². The monoisotopic (exact) mass is 442 g/mol. The highest BCUT2D eigenvalue weighted by Gasteiger charge is 2.37. The molecule has 4 aromatic rings. The van der Waals surface area contributed by atoms with E-state index in [4.69, 9.17) is 0 Å². The fourth-order valence-corrected chi connectivity index (χ4v) is 5.01. The van der Waals surface area contributed by atoms with Crippen LogP contribution in [0.25, 0.3) is 5.82 Å². The van der Waals surface area contributed by atoms with Crippen LogP contribution in [-0.2, 0) is 16.6 Å². The molecule has 5 rings (SSSR count). The Morgan fingerprint density at radius 2 is 1.53 bits per heavy atom. The van der Waals surface area contributed by atoms with E-state index in [0.717, 1.165) is 10.5 Å². The molecule has 158 valence electrons. The average molecular weight is 443 g/mol. The van der Waals surface area contributed by atoms with Crippen LogP contribution in [0.4, 0.5) is 5.69 Å². The predicted molar refractivity (Wildman–Crippen MR) is 120 cm³/mol. The second kappa shape index (κ2) is 7.97. The van der Waals surface area contributed by atoms with Crippen molar-refractivity contribution >= 4 is 28.3 Å². The molecule has 7 nitrogen and oxygen atoms in total. The van der Waals surface area contributed by atoms with Gasteiger partial charge in [-0.25, -0.2) is 14.9 Å². The maximum Gasteiger partial charge on any atom is 0.266 e. The quantitative estimate of drug-likeness (QED) is 0.440. The average Bonchev–Trinajstić information content (AvgIpc) is 3.39. The van der Waals surface area contributed by atoms with Crippen LogP contribution in [0.15, 0.2) is 84.4 Å². The molecule has 0 fully saturated rings. The lowest BCUT2D eigenvalue weighted by Crippen LogP contribution is -2.30. The molecule has 2 amide bonds. The number of imide groups is 1. The van der Waals surface area contributed by atoms with Crippen molar-refractivity contribution in [3.05, 3.63) is 102 Å². The van der Waals surface area contributed by atoms with Gasteiger partial charge in [0.05, 0.1) is 33.4 Å². The number of nitrogens with zero attached hydrogens (tertiary/aromatic N) is 4. The van der Waals surface area contributed by atoms with Crippen LogP contribution in [0.1, 0.15) is 31.8 Å². The Labute approximate surface area is 186 Å². The highest BCUT2D eigenvalue weighted by atomic mass is 32.2. The van der Waals surface area contributed by atoms with E-state index in [1.54, 1.807) is 71.7 Å². The molecule has 3 heterocycles. The van der Waals surface area contributed by atoms with Crippen LogP contribution in [-0.4, -0.2) is 30.6 Å². The van der Waals surface area contributed by atoms with E-state index < -0.39 is 10.8 Å². The molecule has 2 aromatic heterocycles. The number of anilines is 1. The molecule has 32 heavy (non-hydrogen) atoms. The van der Waals surface area contributed by atoms with Gasteiger partial charge in [-0.2, -0.15) is 0 Å². The summed E-state index contributed by atoms with van der Waals surface area (Å²) in [6, 6.07) is 17.5.